The molecule has 0 saturated heterocycles. The molecule has 162 valence electrons. The number of aromatic nitrogens is 1. The normalized spacial score (nSPS) is 11.9. The van der Waals surface area contributed by atoms with Crippen molar-refractivity contribution in [2.45, 2.75) is 10.1 Å². The van der Waals surface area contributed by atoms with Crippen molar-refractivity contribution >= 4 is 50.6 Å². The second-order valence-electron chi connectivity index (χ2n) is 7.57. The summed E-state index contributed by atoms with van der Waals surface area (Å²) in [5.41, 5.74) is 9.42. The monoisotopic (exact) mass is 467 g/mol. The van der Waals surface area contributed by atoms with Gasteiger partial charge in [-0.15, -0.1) is 23.1 Å². The predicted molar refractivity (Wildman–Crippen MR) is 140 cm³/mol. The molecule has 4 aromatic carbocycles. The zero-order valence-corrected chi connectivity index (χ0v) is 19.3. The molecule has 1 heterocycles. The summed E-state index contributed by atoms with van der Waals surface area (Å²) in [6, 6.07) is 31.9. The molecule has 5 aromatic rings. The average Bonchev–Trinajstić information content (AvgIpc) is 3.31. The highest BCUT2D eigenvalue weighted by Gasteiger charge is 2.23. The Morgan fingerprint density at radius 2 is 1.67 bits per heavy atom. The fourth-order valence-corrected chi connectivity index (χ4v) is 5.42. The van der Waals surface area contributed by atoms with Crippen molar-refractivity contribution in [1.82, 2.24) is 4.98 Å². The van der Waals surface area contributed by atoms with Gasteiger partial charge in [-0.2, -0.15) is 0 Å². The zero-order chi connectivity index (χ0) is 22.6. The number of nitrogens with zero attached hydrogens (tertiary/aromatic N) is 1. The van der Waals surface area contributed by atoms with E-state index in [4.69, 9.17) is 5.73 Å². The molecule has 1 atom stereocenters. The number of anilines is 2. The van der Waals surface area contributed by atoms with E-state index >= 15 is 0 Å². The molecule has 33 heavy (non-hydrogen) atoms. The molecule has 0 aliphatic rings. The fourth-order valence-electron chi connectivity index (χ4n) is 3.61. The third kappa shape index (κ3) is 4.92. The Bertz CT molecular complexity index is 1420. The van der Waals surface area contributed by atoms with E-state index < -0.39 is 5.25 Å². The van der Waals surface area contributed by atoms with E-state index in [-0.39, 0.29) is 5.91 Å². The molecule has 5 rings (SSSR count). The van der Waals surface area contributed by atoms with Crippen molar-refractivity contribution in [3.05, 3.63) is 108 Å². The number of nitrogen functional groups attached to an aromatic ring is 1. The minimum atomic E-state index is -0.430. The topological polar surface area (TPSA) is 68.0 Å². The van der Waals surface area contributed by atoms with Crippen LogP contribution in [-0.2, 0) is 4.79 Å². The zero-order valence-electron chi connectivity index (χ0n) is 17.6. The fraction of sp³-hybridized carbons (Fsp3) is 0.0370. The summed E-state index contributed by atoms with van der Waals surface area (Å²) in [6.45, 7) is 0. The summed E-state index contributed by atoms with van der Waals surface area (Å²) >= 11 is 2.90. The van der Waals surface area contributed by atoms with Crippen LogP contribution in [0.25, 0.3) is 22.0 Å². The SMILES string of the molecule is Nc1cccc(SC(C(=O)Nc2nc(-c3ccc4ccccc4c3)cs2)c2ccccc2)c1. The first-order valence-corrected chi connectivity index (χ1v) is 12.2. The summed E-state index contributed by atoms with van der Waals surface area (Å²) in [6.07, 6.45) is 0. The Labute approximate surface area is 200 Å². The number of nitrogens with one attached hydrogen (secondary N) is 1. The van der Waals surface area contributed by atoms with Gasteiger partial charge < -0.3 is 11.1 Å². The van der Waals surface area contributed by atoms with Crippen molar-refractivity contribution in [2.75, 3.05) is 11.1 Å². The van der Waals surface area contributed by atoms with Crippen LogP contribution in [0.2, 0.25) is 0 Å². The minimum Gasteiger partial charge on any atom is -0.399 e. The summed E-state index contributed by atoms with van der Waals surface area (Å²) in [5, 5.41) is 7.50. The number of hydrogen-bond acceptors (Lipinski definition) is 5. The lowest BCUT2D eigenvalue weighted by molar-refractivity contribution is -0.115. The van der Waals surface area contributed by atoms with Gasteiger partial charge in [0.25, 0.3) is 0 Å². The molecule has 4 nitrogen and oxygen atoms in total. The van der Waals surface area contributed by atoms with Crippen molar-refractivity contribution in [3.8, 4) is 11.3 Å². The first kappa shape index (κ1) is 21.2. The summed E-state index contributed by atoms with van der Waals surface area (Å²) < 4.78 is 0. The maximum atomic E-state index is 13.3. The van der Waals surface area contributed by atoms with Crippen LogP contribution in [0.15, 0.2) is 107 Å². The Hall–Kier alpha value is -3.61. The van der Waals surface area contributed by atoms with Crippen molar-refractivity contribution in [3.63, 3.8) is 0 Å². The van der Waals surface area contributed by atoms with Crippen LogP contribution in [0.4, 0.5) is 10.8 Å². The van der Waals surface area contributed by atoms with Crippen LogP contribution in [-0.4, -0.2) is 10.9 Å². The maximum absolute atomic E-state index is 13.3. The van der Waals surface area contributed by atoms with Gasteiger partial charge in [0.05, 0.1) is 5.69 Å². The van der Waals surface area contributed by atoms with E-state index in [0.29, 0.717) is 10.8 Å². The largest absolute Gasteiger partial charge is 0.399 e. The second-order valence-corrected chi connectivity index (χ2v) is 9.61. The van der Waals surface area contributed by atoms with E-state index in [0.717, 1.165) is 27.1 Å². The van der Waals surface area contributed by atoms with Crippen LogP contribution >= 0.6 is 23.1 Å². The van der Waals surface area contributed by atoms with Gasteiger partial charge in [0.1, 0.15) is 5.25 Å². The van der Waals surface area contributed by atoms with Gasteiger partial charge in [0.2, 0.25) is 5.91 Å². The molecule has 3 N–H and O–H groups in total. The van der Waals surface area contributed by atoms with Gasteiger partial charge in [0, 0.05) is 21.5 Å². The van der Waals surface area contributed by atoms with Crippen LogP contribution in [0.3, 0.4) is 0 Å². The molecule has 0 fully saturated rings. The summed E-state index contributed by atoms with van der Waals surface area (Å²) in [5.74, 6) is -0.118. The van der Waals surface area contributed by atoms with Crippen molar-refractivity contribution < 1.29 is 4.79 Å². The highest BCUT2D eigenvalue weighted by Crippen LogP contribution is 2.37. The molecule has 1 aromatic heterocycles. The van der Waals surface area contributed by atoms with E-state index in [1.165, 1.54) is 28.5 Å². The molecule has 6 heteroatoms. The third-order valence-electron chi connectivity index (χ3n) is 5.23. The van der Waals surface area contributed by atoms with Gasteiger partial charge in [-0.1, -0.05) is 72.8 Å². The number of rotatable bonds is 6. The molecular formula is C27H21N3OS2. The smallest absolute Gasteiger partial charge is 0.244 e. The number of thioether (sulfide) groups is 1. The van der Waals surface area contributed by atoms with Crippen molar-refractivity contribution in [1.29, 1.82) is 0 Å². The third-order valence-corrected chi connectivity index (χ3v) is 7.24. The maximum Gasteiger partial charge on any atom is 0.244 e. The van der Waals surface area contributed by atoms with Crippen molar-refractivity contribution in [2.24, 2.45) is 0 Å². The number of carbonyl (C=O) groups is 1. The lowest BCUT2D eigenvalue weighted by Gasteiger charge is -2.16. The number of nitrogens with two attached hydrogens (primary N) is 1. The molecule has 1 amide bonds. The first-order chi connectivity index (χ1) is 16.2. The summed E-state index contributed by atoms with van der Waals surface area (Å²) in [7, 11) is 0. The van der Waals surface area contributed by atoms with Gasteiger partial charge in [-0.05, 0) is 40.6 Å². The number of amides is 1. The van der Waals surface area contributed by atoms with Crippen LogP contribution < -0.4 is 11.1 Å². The number of fused-ring (bicyclic) bond motifs is 1. The van der Waals surface area contributed by atoms with Gasteiger partial charge >= 0.3 is 0 Å². The lowest BCUT2D eigenvalue weighted by atomic mass is 10.1. The minimum absolute atomic E-state index is 0.118. The standard InChI is InChI=1S/C27H21N3OS2/c28-22-11-6-12-23(16-22)33-25(19-8-2-1-3-9-19)26(31)30-27-29-24(17-32-27)21-14-13-18-7-4-5-10-20(18)15-21/h1-17,25H,28H2,(H,29,30,31). The quantitative estimate of drug-likeness (QED) is 0.208. The predicted octanol–water partition coefficient (Wildman–Crippen LogP) is 7.02. The molecule has 0 radical (unpaired) electrons. The molecule has 0 spiro atoms. The Kier molecular flexibility index (Phi) is 6.11. The van der Waals surface area contributed by atoms with E-state index in [9.17, 15) is 4.79 Å². The Balaban J connectivity index is 1.38. The molecule has 0 bridgehead atoms. The van der Waals surface area contributed by atoms with E-state index in [1.807, 2.05) is 72.1 Å². The molecular weight excluding hydrogens is 446 g/mol. The molecule has 1 unspecified atom stereocenters. The van der Waals surface area contributed by atoms with Gasteiger partial charge in [-0.3, -0.25) is 4.79 Å². The lowest BCUT2D eigenvalue weighted by Crippen LogP contribution is -2.19. The molecule has 0 saturated carbocycles. The van der Waals surface area contributed by atoms with Crippen LogP contribution in [0, 0.1) is 0 Å². The van der Waals surface area contributed by atoms with Gasteiger partial charge in [0.15, 0.2) is 5.13 Å². The first-order valence-electron chi connectivity index (χ1n) is 10.5. The molecule has 0 aliphatic heterocycles. The molecule has 0 aliphatic carbocycles. The highest BCUT2D eigenvalue weighted by atomic mass is 32.2. The number of hydrogen-bond donors (Lipinski definition) is 2. The average molecular weight is 468 g/mol. The number of thiazole rings is 1. The van der Waals surface area contributed by atoms with Gasteiger partial charge in [-0.25, -0.2) is 4.98 Å². The number of benzene rings is 4. The second kappa shape index (κ2) is 9.48. The Morgan fingerprint density at radius 3 is 2.48 bits per heavy atom. The van der Waals surface area contributed by atoms with E-state index in [1.54, 1.807) is 0 Å². The Morgan fingerprint density at radius 1 is 0.879 bits per heavy atom. The summed E-state index contributed by atoms with van der Waals surface area (Å²) in [4.78, 5) is 18.9. The van der Waals surface area contributed by atoms with Crippen LogP contribution in [0.5, 0.6) is 0 Å². The highest BCUT2D eigenvalue weighted by molar-refractivity contribution is 8.00. The van der Waals surface area contributed by atoms with E-state index in [2.05, 4.69) is 40.6 Å². The van der Waals surface area contributed by atoms with Crippen LogP contribution in [0.1, 0.15) is 10.8 Å². The number of carbonyl (C=O) groups excluding carboxylic acids is 1.